The molecule has 0 unspecified atom stereocenters. The van der Waals surface area contributed by atoms with Gasteiger partial charge in [-0.05, 0) is 53.5 Å². The minimum atomic E-state index is -0.757. The Morgan fingerprint density at radius 2 is 2.11 bits per heavy atom. The van der Waals surface area contributed by atoms with Crippen molar-refractivity contribution in [3.05, 3.63) is 33.4 Å². The Balaban J connectivity index is 2.05. The third-order valence-corrected chi connectivity index (χ3v) is 4.24. The van der Waals surface area contributed by atoms with Crippen LogP contribution in [-0.4, -0.2) is 16.9 Å². The summed E-state index contributed by atoms with van der Waals surface area (Å²) in [5.74, 6) is -1.02. The Kier molecular flexibility index (Phi) is 4.37. The van der Waals surface area contributed by atoms with Gasteiger partial charge in [0.2, 0.25) is 0 Å². The summed E-state index contributed by atoms with van der Waals surface area (Å²) in [7, 11) is 0. The first kappa shape index (κ1) is 13.5. The van der Waals surface area contributed by atoms with Crippen LogP contribution in [0.2, 0.25) is 0 Å². The van der Waals surface area contributed by atoms with Crippen molar-refractivity contribution in [3.63, 3.8) is 0 Å². The molecule has 4 heteroatoms. The highest BCUT2D eigenvalue weighted by molar-refractivity contribution is 14.1. The highest BCUT2D eigenvalue weighted by atomic mass is 127. The third-order valence-electron chi connectivity index (χ3n) is 3.57. The Hall–Kier alpha value is -0.910. The third kappa shape index (κ3) is 3.10. The van der Waals surface area contributed by atoms with Crippen LogP contribution in [0, 0.1) is 15.4 Å². The minimum Gasteiger partial charge on any atom is -0.481 e. The Bertz CT molecular complexity index is 470. The predicted octanol–water partition coefficient (Wildman–Crippen LogP) is 3.36. The number of Topliss-reactive ketones (excluding diaryl/α,β-unsaturated/α-hetero) is 1. The van der Waals surface area contributed by atoms with Gasteiger partial charge in [-0.15, -0.1) is 0 Å². The molecule has 1 aliphatic rings. The standard InChI is InChI=1S/C14H15IO3/c15-11-5-1-4-10(7-11)13(16)8-9-3-2-6-12(9)14(17)18/h1,4-5,7,9,12H,2-3,6,8H2,(H,17,18)/t9-,12+/m1/s1. The van der Waals surface area contributed by atoms with Crippen molar-refractivity contribution in [2.45, 2.75) is 25.7 Å². The summed E-state index contributed by atoms with van der Waals surface area (Å²) in [5.41, 5.74) is 0.693. The van der Waals surface area contributed by atoms with Crippen LogP contribution < -0.4 is 0 Å². The topological polar surface area (TPSA) is 54.4 Å². The molecular weight excluding hydrogens is 343 g/mol. The minimum absolute atomic E-state index is 0.00728. The van der Waals surface area contributed by atoms with Gasteiger partial charge >= 0.3 is 5.97 Å². The molecule has 0 aromatic heterocycles. The number of carboxylic acid groups (broad SMARTS) is 1. The predicted molar refractivity (Wildman–Crippen MR) is 76.6 cm³/mol. The number of halogens is 1. The van der Waals surface area contributed by atoms with Gasteiger partial charge in [0.05, 0.1) is 5.92 Å². The van der Waals surface area contributed by atoms with Crippen molar-refractivity contribution < 1.29 is 14.7 Å². The summed E-state index contributed by atoms with van der Waals surface area (Å²) in [6.45, 7) is 0. The fourth-order valence-corrected chi connectivity index (χ4v) is 3.17. The Morgan fingerprint density at radius 3 is 2.78 bits per heavy atom. The van der Waals surface area contributed by atoms with E-state index in [2.05, 4.69) is 22.6 Å². The molecule has 0 aliphatic heterocycles. The monoisotopic (exact) mass is 358 g/mol. The average molecular weight is 358 g/mol. The van der Waals surface area contributed by atoms with Gasteiger partial charge in [-0.1, -0.05) is 18.6 Å². The molecule has 1 aromatic rings. The number of hydrogen-bond donors (Lipinski definition) is 1. The highest BCUT2D eigenvalue weighted by Crippen LogP contribution is 2.35. The summed E-state index contributed by atoms with van der Waals surface area (Å²) in [5, 5.41) is 9.10. The van der Waals surface area contributed by atoms with Gasteiger partial charge in [-0.2, -0.15) is 0 Å². The van der Waals surface area contributed by atoms with E-state index in [1.807, 2.05) is 18.2 Å². The van der Waals surface area contributed by atoms with Gasteiger partial charge in [-0.25, -0.2) is 0 Å². The van der Waals surface area contributed by atoms with Gasteiger partial charge in [0.15, 0.2) is 5.78 Å². The zero-order chi connectivity index (χ0) is 13.1. The van der Waals surface area contributed by atoms with E-state index in [1.165, 1.54) is 0 Å². The van der Waals surface area contributed by atoms with Crippen LogP contribution in [0.25, 0.3) is 0 Å². The van der Waals surface area contributed by atoms with Crippen LogP contribution in [-0.2, 0) is 4.79 Å². The van der Waals surface area contributed by atoms with Crippen LogP contribution in [0.3, 0.4) is 0 Å². The Labute approximate surface area is 120 Å². The summed E-state index contributed by atoms with van der Waals surface area (Å²) in [4.78, 5) is 23.2. The number of carbonyl (C=O) groups excluding carboxylic acids is 1. The van der Waals surface area contributed by atoms with Gasteiger partial charge in [0.25, 0.3) is 0 Å². The van der Waals surface area contributed by atoms with E-state index < -0.39 is 5.97 Å². The van der Waals surface area contributed by atoms with Crippen molar-refractivity contribution in [1.29, 1.82) is 0 Å². The van der Waals surface area contributed by atoms with Gasteiger partial charge < -0.3 is 5.11 Å². The van der Waals surface area contributed by atoms with E-state index in [-0.39, 0.29) is 17.6 Å². The molecule has 1 aromatic carbocycles. The molecule has 0 saturated heterocycles. The van der Waals surface area contributed by atoms with Crippen LogP contribution >= 0.6 is 22.6 Å². The van der Waals surface area contributed by atoms with Crippen molar-refractivity contribution >= 4 is 34.3 Å². The molecule has 2 atom stereocenters. The molecule has 96 valence electrons. The van der Waals surface area contributed by atoms with Crippen LogP contribution in [0.5, 0.6) is 0 Å². The molecule has 2 rings (SSSR count). The lowest BCUT2D eigenvalue weighted by molar-refractivity contribution is -0.142. The SMILES string of the molecule is O=C(C[C@H]1CCC[C@@H]1C(=O)O)c1cccc(I)c1. The number of aliphatic carboxylic acids is 1. The molecule has 18 heavy (non-hydrogen) atoms. The van der Waals surface area contributed by atoms with Gasteiger partial charge in [0.1, 0.15) is 0 Å². The molecule has 0 spiro atoms. The second-order valence-electron chi connectivity index (χ2n) is 4.77. The highest BCUT2D eigenvalue weighted by Gasteiger charge is 2.34. The molecule has 0 amide bonds. The van der Waals surface area contributed by atoms with Crippen LogP contribution in [0.1, 0.15) is 36.0 Å². The molecular formula is C14H15IO3. The fourth-order valence-electron chi connectivity index (χ4n) is 2.62. The van der Waals surface area contributed by atoms with Crippen molar-refractivity contribution in [3.8, 4) is 0 Å². The molecule has 0 radical (unpaired) electrons. The van der Waals surface area contributed by atoms with Crippen LogP contribution in [0.15, 0.2) is 24.3 Å². The number of carbonyl (C=O) groups is 2. The summed E-state index contributed by atoms with van der Waals surface area (Å²) < 4.78 is 1.03. The molecule has 1 N–H and O–H groups in total. The quantitative estimate of drug-likeness (QED) is 0.663. The number of hydrogen-bond acceptors (Lipinski definition) is 2. The van der Waals surface area contributed by atoms with Crippen molar-refractivity contribution in [2.24, 2.45) is 11.8 Å². The molecule has 1 saturated carbocycles. The first-order valence-electron chi connectivity index (χ1n) is 6.09. The number of ketones is 1. The largest absolute Gasteiger partial charge is 0.481 e. The normalized spacial score (nSPS) is 22.9. The lowest BCUT2D eigenvalue weighted by atomic mass is 9.89. The number of benzene rings is 1. The first-order chi connectivity index (χ1) is 8.58. The second-order valence-corrected chi connectivity index (χ2v) is 6.02. The fraction of sp³-hybridized carbons (Fsp3) is 0.429. The maximum atomic E-state index is 12.1. The molecule has 3 nitrogen and oxygen atoms in total. The lowest BCUT2D eigenvalue weighted by Gasteiger charge is -2.14. The van der Waals surface area contributed by atoms with Crippen molar-refractivity contribution in [1.82, 2.24) is 0 Å². The zero-order valence-corrected chi connectivity index (χ0v) is 12.1. The van der Waals surface area contributed by atoms with E-state index in [1.54, 1.807) is 6.07 Å². The molecule has 0 bridgehead atoms. The Morgan fingerprint density at radius 1 is 1.33 bits per heavy atom. The lowest BCUT2D eigenvalue weighted by Crippen LogP contribution is -2.20. The van der Waals surface area contributed by atoms with E-state index in [0.29, 0.717) is 18.4 Å². The summed E-state index contributed by atoms with van der Waals surface area (Å²) in [6.07, 6.45) is 2.84. The maximum absolute atomic E-state index is 12.1. The van der Waals surface area contributed by atoms with E-state index in [0.717, 1.165) is 16.4 Å². The molecule has 1 aliphatic carbocycles. The number of carboxylic acids is 1. The molecule has 1 fully saturated rings. The molecule has 0 heterocycles. The van der Waals surface area contributed by atoms with Gasteiger partial charge in [0, 0.05) is 15.6 Å². The summed E-state index contributed by atoms with van der Waals surface area (Å²) in [6, 6.07) is 7.45. The first-order valence-corrected chi connectivity index (χ1v) is 7.17. The smallest absolute Gasteiger partial charge is 0.306 e. The van der Waals surface area contributed by atoms with E-state index in [9.17, 15) is 9.59 Å². The van der Waals surface area contributed by atoms with E-state index >= 15 is 0 Å². The maximum Gasteiger partial charge on any atom is 0.306 e. The van der Waals surface area contributed by atoms with E-state index in [4.69, 9.17) is 5.11 Å². The summed E-state index contributed by atoms with van der Waals surface area (Å²) >= 11 is 2.17. The number of rotatable bonds is 4. The average Bonchev–Trinajstić information content (AvgIpc) is 2.77. The van der Waals surface area contributed by atoms with Crippen molar-refractivity contribution in [2.75, 3.05) is 0 Å². The zero-order valence-electron chi connectivity index (χ0n) is 9.93. The van der Waals surface area contributed by atoms with Gasteiger partial charge in [-0.3, -0.25) is 9.59 Å². The second kappa shape index (κ2) is 5.82. The van der Waals surface area contributed by atoms with Crippen LogP contribution in [0.4, 0.5) is 0 Å².